The Morgan fingerprint density at radius 2 is 2.06 bits per heavy atom. The summed E-state index contributed by atoms with van der Waals surface area (Å²) < 4.78 is 5.99. The highest BCUT2D eigenvalue weighted by Gasteiger charge is 2.34. The molecule has 1 aromatic carbocycles. The van der Waals surface area contributed by atoms with Gasteiger partial charge in [0.05, 0.1) is 4.88 Å². The second-order valence-electron chi connectivity index (χ2n) is 4.83. The van der Waals surface area contributed by atoms with Gasteiger partial charge in [-0.15, -0.1) is 11.3 Å². The number of primary amides is 1. The Morgan fingerprint density at radius 1 is 1.33 bits per heavy atom. The predicted octanol–water partition coefficient (Wildman–Crippen LogP) is 3.14. The molecule has 3 nitrogen and oxygen atoms in total. The van der Waals surface area contributed by atoms with Crippen LogP contribution in [-0.2, 0) is 5.60 Å². The van der Waals surface area contributed by atoms with Crippen LogP contribution in [0.2, 0.25) is 0 Å². The average molecular weight is 259 g/mol. The Hall–Kier alpha value is -1.81. The fourth-order valence-electron chi connectivity index (χ4n) is 2.23. The normalized spacial score (nSPS) is 15.4. The van der Waals surface area contributed by atoms with E-state index >= 15 is 0 Å². The molecule has 2 heterocycles. The molecule has 0 saturated heterocycles. The van der Waals surface area contributed by atoms with Crippen molar-refractivity contribution in [1.29, 1.82) is 0 Å². The largest absolute Gasteiger partial charge is 0.482 e. The molecule has 1 aliphatic heterocycles. The summed E-state index contributed by atoms with van der Waals surface area (Å²) >= 11 is 1.43. The summed E-state index contributed by atoms with van der Waals surface area (Å²) in [5.74, 6) is 0.468. The van der Waals surface area contributed by atoms with Crippen LogP contribution in [0.25, 0.3) is 10.4 Å². The number of fused-ring (bicyclic) bond motifs is 3. The third kappa shape index (κ3) is 1.53. The minimum Gasteiger partial charge on any atom is -0.482 e. The second kappa shape index (κ2) is 3.59. The summed E-state index contributed by atoms with van der Waals surface area (Å²) in [6.45, 7) is 4.00. The molecular weight excluding hydrogens is 246 g/mol. The summed E-state index contributed by atoms with van der Waals surface area (Å²) in [7, 11) is 0. The second-order valence-corrected chi connectivity index (χ2v) is 5.88. The molecule has 0 fully saturated rings. The highest BCUT2D eigenvalue weighted by molar-refractivity contribution is 7.17. The maximum Gasteiger partial charge on any atom is 0.258 e. The van der Waals surface area contributed by atoms with Crippen molar-refractivity contribution in [2.75, 3.05) is 0 Å². The molecule has 1 aliphatic rings. The molecular formula is C14H13NO2S. The van der Waals surface area contributed by atoms with Crippen molar-refractivity contribution >= 4 is 17.2 Å². The van der Waals surface area contributed by atoms with Gasteiger partial charge in [-0.2, -0.15) is 0 Å². The Kier molecular flexibility index (Phi) is 2.25. The van der Waals surface area contributed by atoms with Crippen molar-refractivity contribution in [1.82, 2.24) is 0 Å². The van der Waals surface area contributed by atoms with Gasteiger partial charge in [-0.05, 0) is 32.0 Å². The standard InChI is InChI=1S/C14H13NO2S/c1-14(2)9-7-11(13(15)16)18-12(9)8-5-3-4-6-10(8)17-14/h3-7H,1-2H3,(H2,15,16). The Bertz CT molecular complexity index is 643. The smallest absolute Gasteiger partial charge is 0.258 e. The monoisotopic (exact) mass is 259 g/mol. The quantitative estimate of drug-likeness (QED) is 0.855. The van der Waals surface area contributed by atoms with Crippen molar-refractivity contribution in [2.24, 2.45) is 5.73 Å². The Labute approximate surface area is 109 Å². The van der Waals surface area contributed by atoms with Gasteiger partial charge in [0.1, 0.15) is 11.4 Å². The van der Waals surface area contributed by atoms with Gasteiger partial charge in [0.25, 0.3) is 5.91 Å². The number of para-hydroxylation sites is 1. The van der Waals surface area contributed by atoms with Crippen LogP contribution in [0.3, 0.4) is 0 Å². The fourth-order valence-corrected chi connectivity index (χ4v) is 3.42. The summed E-state index contributed by atoms with van der Waals surface area (Å²) in [6, 6.07) is 9.71. The number of rotatable bonds is 1. The zero-order valence-electron chi connectivity index (χ0n) is 10.2. The molecule has 1 aromatic heterocycles. The van der Waals surface area contributed by atoms with E-state index in [1.807, 2.05) is 44.2 Å². The number of benzene rings is 1. The first kappa shape index (κ1) is 11.3. The van der Waals surface area contributed by atoms with Crippen LogP contribution in [0.4, 0.5) is 0 Å². The number of hydrogen-bond acceptors (Lipinski definition) is 3. The molecule has 18 heavy (non-hydrogen) atoms. The summed E-state index contributed by atoms with van der Waals surface area (Å²) in [5, 5.41) is 0. The van der Waals surface area contributed by atoms with Crippen LogP contribution in [0.1, 0.15) is 29.1 Å². The maximum atomic E-state index is 11.3. The number of nitrogens with two attached hydrogens (primary N) is 1. The topological polar surface area (TPSA) is 52.3 Å². The van der Waals surface area contributed by atoms with Gasteiger partial charge in [-0.25, -0.2) is 0 Å². The van der Waals surface area contributed by atoms with Gasteiger partial charge in [-0.1, -0.05) is 12.1 Å². The third-order valence-electron chi connectivity index (χ3n) is 3.12. The van der Waals surface area contributed by atoms with Crippen LogP contribution >= 0.6 is 11.3 Å². The van der Waals surface area contributed by atoms with Gasteiger partial charge in [0.15, 0.2) is 0 Å². The van der Waals surface area contributed by atoms with Gasteiger partial charge in [0.2, 0.25) is 0 Å². The zero-order valence-corrected chi connectivity index (χ0v) is 11.0. The molecule has 92 valence electrons. The van der Waals surface area contributed by atoms with Crippen LogP contribution in [0, 0.1) is 0 Å². The lowest BCUT2D eigenvalue weighted by Gasteiger charge is -2.32. The van der Waals surface area contributed by atoms with E-state index in [2.05, 4.69) is 0 Å². The van der Waals surface area contributed by atoms with Crippen molar-refractivity contribution < 1.29 is 9.53 Å². The highest BCUT2D eigenvalue weighted by atomic mass is 32.1. The zero-order chi connectivity index (χ0) is 12.9. The van der Waals surface area contributed by atoms with Crippen LogP contribution in [-0.4, -0.2) is 5.91 Å². The lowest BCUT2D eigenvalue weighted by Crippen LogP contribution is -2.28. The minimum atomic E-state index is -0.437. The van der Waals surface area contributed by atoms with Gasteiger partial charge < -0.3 is 10.5 Å². The highest BCUT2D eigenvalue weighted by Crippen LogP contribution is 2.48. The van der Waals surface area contributed by atoms with E-state index < -0.39 is 5.60 Å². The van der Waals surface area contributed by atoms with E-state index in [1.165, 1.54) is 11.3 Å². The molecule has 0 atom stereocenters. The molecule has 0 aliphatic carbocycles. The minimum absolute atomic E-state index is 0.386. The molecule has 4 heteroatoms. The van der Waals surface area contributed by atoms with E-state index in [1.54, 1.807) is 0 Å². The summed E-state index contributed by atoms with van der Waals surface area (Å²) in [4.78, 5) is 13.0. The fraction of sp³-hybridized carbons (Fsp3) is 0.214. The first-order valence-corrected chi connectivity index (χ1v) is 6.53. The molecule has 0 radical (unpaired) electrons. The molecule has 0 unspecified atom stereocenters. The van der Waals surface area contributed by atoms with Gasteiger partial charge in [-0.3, -0.25) is 4.79 Å². The molecule has 1 amide bonds. The van der Waals surface area contributed by atoms with Crippen LogP contribution in [0.5, 0.6) is 5.75 Å². The summed E-state index contributed by atoms with van der Waals surface area (Å²) in [5.41, 5.74) is 6.99. The van der Waals surface area contributed by atoms with E-state index in [0.29, 0.717) is 4.88 Å². The lowest BCUT2D eigenvalue weighted by molar-refractivity contribution is 0.100. The number of amides is 1. The predicted molar refractivity (Wildman–Crippen MR) is 71.9 cm³/mol. The Morgan fingerprint density at radius 3 is 2.78 bits per heavy atom. The van der Waals surface area contributed by atoms with E-state index in [4.69, 9.17) is 10.5 Å². The van der Waals surface area contributed by atoms with Crippen molar-refractivity contribution in [3.63, 3.8) is 0 Å². The van der Waals surface area contributed by atoms with Crippen LogP contribution in [0.15, 0.2) is 30.3 Å². The van der Waals surface area contributed by atoms with Gasteiger partial charge in [0, 0.05) is 16.0 Å². The molecule has 0 spiro atoms. The van der Waals surface area contributed by atoms with Crippen LogP contribution < -0.4 is 10.5 Å². The molecule has 0 saturated carbocycles. The molecule has 2 aromatic rings. The van der Waals surface area contributed by atoms with E-state index in [-0.39, 0.29) is 5.91 Å². The lowest BCUT2D eigenvalue weighted by atomic mass is 9.92. The number of ether oxygens (including phenoxy) is 1. The van der Waals surface area contributed by atoms with Gasteiger partial charge >= 0.3 is 0 Å². The maximum absolute atomic E-state index is 11.3. The first-order valence-electron chi connectivity index (χ1n) is 5.71. The number of carbonyl (C=O) groups is 1. The number of carbonyl (C=O) groups excluding carboxylic acids is 1. The van der Waals surface area contributed by atoms with E-state index in [0.717, 1.165) is 21.8 Å². The van der Waals surface area contributed by atoms with Crippen molar-refractivity contribution in [3.05, 3.63) is 40.8 Å². The van der Waals surface area contributed by atoms with Crippen molar-refractivity contribution in [2.45, 2.75) is 19.4 Å². The molecule has 2 N–H and O–H groups in total. The number of hydrogen-bond donors (Lipinski definition) is 1. The SMILES string of the molecule is CC1(C)Oc2ccccc2-c2sc(C(N)=O)cc21. The van der Waals surface area contributed by atoms with E-state index in [9.17, 15) is 4.79 Å². The molecule has 0 bridgehead atoms. The van der Waals surface area contributed by atoms with Crippen molar-refractivity contribution in [3.8, 4) is 16.2 Å². The Balaban J connectivity index is 2.29. The average Bonchev–Trinajstić information content (AvgIpc) is 2.74. The first-order chi connectivity index (χ1) is 8.49. The summed E-state index contributed by atoms with van der Waals surface area (Å²) in [6.07, 6.45) is 0. The third-order valence-corrected chi connectivity index (χ3v) is 4.30. The number of thiophene rings is 1. The molecule has 3 rings (SSSR count).